The predicted molar refractivity (Wildman–Crippen MR) is 90.1 cm³/mol. The van der Waals surface area contributed by atoms with Gasteiger partial charge >= 0.3 is 0 Å². The average molecular weight is 320 g/mol. The van der Waals surface area contributed by atoms with Crippen molar-refractivity contribution in [2.24, 2.45) is 7.05 Å². The summed E-state index contributed by atoms with van der Waals surface area (Å²) in [7, 11) is 1.77. The number of rotatable bonds is 7. The topological polar surface area (TPSA) is 46.9 Å². The Bertz CT molecular complexity index is 637. The van der Waals surface area contributed by atoms with E-state index in [4.69, 9.17) is 11.6 Å². The number of hydrogen-bond acceptors (Lipinski definition) is 2. The number of carbonyl (C=O) groups excluding carboxylic acids is 1. The lowest BCUT2D eigenvalue weighted by Crippen LogP contribution is -2.26. The molecule has 0 fully saturated rings. The molecule has 118 valence electrons. The first-order valence-electron chi connectivity index (χ1n) is 7.70. The summed E-state index contributed by atoms with van der Waals surface area (Å²) in [6, 6.07) is 9.28. The zero-order valence-corrected chi connectivity index (χ0v) is 13.9. The molecule has 4 nitrogen and oxygen atoms in total. The Kier molecular flexibility index (Phi) is 6.01. The van der Waals surface area contributed by atoms with E-state index >= 15 is 0 Å². The van der Waals surface area contributed by atoms with Crippen LogP contribution in [-0.4, -0.2) is 22.2 Å². The van der Waals surface area contributed by atoms with Gasteiger partial charge in [0.1, 0.15) is 5.69 Å². The number of aromatic nitrogens is 2. The summed E-state index contributed by atoms with van der Waals surface area (Å²) in [5, 5.41) is 7.97. The molecule has 1 aromatic heterocycles. The van der Waals surface area contributed by atoms with E-state index in [0.29, 0.717) is 23.0 Å². The van der Waals surface area contributed by atoms with Crippen LogP contribution in [0.5, 0.6) is 0 Å². The lowest BCUT2D eigenvalue weighted by molar-refractivity contribution is 0.0943. The van der Waals surface area contributed by atoms with E-state index in [1.165, 1.54) is 12.8 Å². The molecule has 1 aromatic carbocycles. The Morgan fingerprint density at radius 1 is 1.27 bits per heavy atom. The quantitative estimate of drug-likeness (QED) is 0.783. The van der Waals surface area contributed by atoms with Crippen LogP contribution in [0.4, 0.5) is 0 Å². The van der Waals surface area contributed by atoms with Crippen molar-refractivity contribution < 1.29 is 4.79 Å². The summed E-state index contributed by atoms with van der Waals surface area (Å²) in [5.41, 5.74) is 2.09. The first-order valence-corrected chi connectivity index (χ1v) is 8.08. The van der Waals surface area contributed by atoms with Gasteiger partial charge in [-0.25, -0.2) is 0 Å². The van der Waals surface area contributed by atoms with Gasteiger partial charge in [0.15, 0.2) is 0 Å². The predicted octanol–water partition coefficient (Wildman–Crippen LogP) is 4.05. The number of aryl methyl sites for hydroxylation is 1. The number of hydrogen-bond donors (Lipinski definition) is 1. The minimum absolute atomic E-state index is 0.0928. The van der Waals surface area contributed by atoms with Crippen molar-refractivity contribution in [1.82, 2.24) is 15.1 Å². The van der Waals surface area contributed by atoms with Crippen molar-refractivity contribution in [3.05, 3.63) is 41.0 Å². The molecule has 0 bridgehead atoms. The van der Waals surface area contributed by atoms with E-state index in [-0.39, 0.29) is 5.91 Å². The molecule has 0 unspecified atom stereocenters. The van der Waals surface area contributed by atoms with Crippen LogP contribution in [0.25, 0.3) is 11.3 Å². The molecule has 5 heteroatoms. The van der Waals surface area contributed by atoms with Crippen molar-refractivity contribution in [1.29, 1.82) is 0 Å². The minimum Gasteiger partial charge on any atom is -0.351 e. The molecule has 1 heterocycles. The first-order chi connectivity index (χ1) is 10.6. The Morgan fingerprint density at radius 3 is 2.77 bits per heavy atom. The van der Waals surface area contributed by atoms with Gasteiger partial charge in [0.05, 0.1) is 10.7 Å². The number of halogens is 1. The third-order valence-corrected chi connectivity index (χ3v) is 3.91. The summed E-state index contributed by atoms with van der Waals surface area (Å²) >= 11 is 6.18. The molecule has 0 spiro atoms. The van der Waals surface area contributed by atoms with Crippen LogP contribution in [0, 0.1) is 0 Å². The highest BCUT2D eigenvalue weighted by molar-refractivity contribution is 6.33. The average Bonchev–Trinajstić information content (AvgIpc) is 2.89. The van der Waals surface area contributed by atoms with Crippen molar-refractivity contribution in [2.75, 3.05) is 6.54 Å². The number of unbranched alkanes of at least 4 members (excludes halogenated alkanes) is 3. The van der Waals surface area contributed by atoms with E-state index in [1.54, 1.807) is 17.8 Å². The van der Waals surface area contributed by atoms with Gasteiger partial charge in [-0.05, 0) is 18.6 Å². The third-order valence-electron chi connectivity index (χ3n) is 3.58. The lowest BCUT2D eigenvalue weighted by atomic mass is 10.1. The van der Waals surface area contributed by atoms with Crippen LogP contribution in [-0.2, 0) is 7.05 Å². The van der Waals surface area contributed by atoms with Gasteiger partial charge in [-0.2, -0.15) is 5.10 Å². The minimum atomic E-state index is -0.0928. The largest absolute Gasteiger partial charge is 0.351 e. The summed E-state index contributed by atoms with van der Waals surface area (Å²) in [5.74, 6) is -0.0928. The Morgan fingerprint density at radius 2 is 2.05 bits per heavy atom. The van der Waals surface area contributed by atoms with Gasteiger partial charge in [-0.3, -0.25) is 9.48 Å². The zero-order chi connectivity index (χ0) is 15.9. The van der Waals surface area contributed by atoms with Crippen molar-refractivity contribution in [3.63, 3.8) is 0 Å². The van der Waals surface area contributed by atoms with Crippen LogP contribution < -0.4 is 5.32 Å². The van der Waals surface area contributed by atoms with Gasteiger partial charge in [0.25, 0.3) is 5.91 Å². The van der Waals surface area contributed by atoms with Crippen molar-refractivity contribution >= 4 is 17.5 Å². The van der Waals surface area contributed by atoms with Gasteiger partial charge in [0, 0.05) is 19.2 Å². The molecule has 0 atom stereocenters. The summed E-state index contributed by atoms with van der Waals surface area (Å²) in [6.07, 6.45) is 4.55. The molecule has 1 amide bonds. The summed E-state index contributed by atoms with van der Waals surface area (Å²) < 4.78 is 1.60. The van der Waals surface area contributed by atoms with Crippen LogP contribution in [0.15, 0.2) is 30.3 Å². The first kappa shape index (κ1) is 16.6. The van der Waals surface area contributed by atoms with E-state index < -0.39 is 0 Å². The normalized spacial score (nSPS) is 10.7. The molecule has 2 rings (SSSR count). The van der Waals surface area contributed by atoms with E-state index in [2.05, 4.69) is 17.3 Å². The molecule has 0 radical (unpaired) electrons. The van der Waals surface area contributed by atoms with Gasteiger partial charge in [-0.15, -0.1) is 0 Å². The monoisotopic (exact) mass is 319 g/mol. The van der Waals surface area contributed by atoms with Crippen LogP contribution in [0.2, 0.25) is 5.02 Å². The fourth-order valence-corrected chi connectivity index (χ4v) is 2.56. The SMILES string of the molecule is CCCCCCNC(=O)c1cc(-c2ccccc2Cl)nn1C. The molecule has 0 saturated heterocycles. The lowest BCUT2D eigenvalue weighted by Gasteiger charge is -2.04. The van der Waals surface area contributed by atoms with Crippen LogP contribution in [0.1, 0.15) is 43.1 Å². The fraction of sp³-hybridized carbons (Fsp3) is 0.412. The second-order valence-electron chi connectivity index (χ2n) is 5.33. The summed E-state index contributed by atoms with van der Waals surface area (Å²) in [4.78, 5) is 12.2. The fourth-order valence-electron chi connectivity index (χ4n) is 2.32. The number of nitrogens with zero attached hydrogens (tertiary/aromatic N) is 2. The highest BCUT2D eigenvalue weighted by Gasteiger charge is 2.15. The molecule has 0 saturated carbocycles. The molecule has 0 aliphatic heterocycles. The maximum absolute atomic E-state index is 12.2. The van der Waals surface area contributed by atoms with Gasteiger partial charge in [0.2, 0.25) is 0 Å². The molecule has 0 aliphatic carbocycles. The zero-order valence-electron chi connectivity index (χ0n) is 13.1. The molecule has 0 aliphatic rings. The van der Waals surface area contributed by atoms with E-state index in [1.807, 2.05) is 24.3 Å². The maximum Gasteiger partial charge on any atom is 0.269 e. The Hall–Kier alpha value is -1.81. The van der Waals surface area contributed by atoms with Gasteiger partial charge < -0.3 is 5.32 Å². The molecule has 2 aromatic rings. The van der Waals surface area contributed by atoms with E-state index in [9.17, 15) is 4.79 Å². The Balaban J connectivity index is 2.04. The number of amides is 1. The van der Waals surface area contributed by atoms with Crippen molar-refractivity contribution in [3.8, 4) is 11.3 Å². The molecular weight excluding hydrogens is 298 g/mol. The number of carbonyl (C=O) groups is 1. The van der Waals surface area contributed by atoms with Crippen LogP contribution >= 0.6 is 11.6 Å². The molecule has 1 N–H and O–H groups in total. The molecular formula is C17H22ClN3O. The third kappa shape index (κ3) is 4.10. The molecule has 22 heavy (non-hydrogen) atoms. The van der Waals surface area contributed by atoms with Gasteiger partial charge in [-0.1, -0.05) is 56.0 Å². The Labute approximate surface area is 136 Å². The number of nitrogens with one attached hydrogen (secondary N) is 1. The highest BCUT2D eigenvalue weighted by atomic mass is 35.5. The standard InChI is InChI=1S/C17H22ClN3O/c1-3-4-5-8-11-19-17(22)16-12-15(20-21(16)2)13-9-6-7-10-14(13)18/h6-7,9-10,12H,3-5,8,11H2,1-2H3,(H,19,22). The van der Waals surface area contributed by atoms with E-state index in [0.717, 1.165) is 18.4 Å². The van der Waals surface area contributed by atoms with Crippen molar-refractivity contribution in [2.45, 2.75) is 32.6 Å². The maximum atomic E-state index is 12.2. The second-order valence-corrected chi connectivity index (χ2v) is 5.74. The highest BCUT2D eigenvalue weighted by Crippen LogP contribution is 2.26. The summed E-state index contributed by atoms with van der Waals surface area (Å²) in [6.45, 7) is 2.87. The second kappa shape index (κ2) is 7.99. The van der Waals surface area contributed by atoms with Crippen LogP contribution in [0.3, 0.4) is 0 Å². The smallest absolute Gasteiger partial charge is 0.269 e. The number of benzene rings is 1.